The minimum absolute atomic E-state index is 0.144. The summed E-state index contributed by atoms with van der Waals surface area (Å²) in [6.45, 7) is 7.90. The number of morpholine rings is 1. The fraction of sp³-hybridized carbons (Fsp3) is 0.591. The van der Waals surface area contributed by atoms with Crippen LogP contribution in [0.25, 0.3) is 0 Å². The van der Waals surface area contributed by atoms with Gasteiger partial charge in [-0.25, -0.2) is 9.67 Å². The summed E-state index contributed by atoms with van der Waals surface area (Å²) in [6.07, 6.45) is 5.31. The number of carbonyl (C=O) groups excluding carboxylic acids is 1. The maximum atomic E-state index is 13.5. The van der Waals surface area contributed by atoms with Gasteiger partial charge in [-0.15, -0.1) is 0 Å². The SMILES string of the molecule is CN1CCC(N(CCN2CCOCC2)C(=O)c2ccc(Cn3cncn3)cc2)CC1. The van der Waals surface area contributed by atoms with E-state index < -0.39 is 0 Å². The Kier molecular flexibility index (Phi) is 7.09. The molecule has 0 spiro atoms. The molecule has 162 valence electrons. The molecule has 2 saturated heterocycles. The largest absolute Gasteiger partial charge is 0.379 e. The van der Waals surface area contributed by atoms with Crippen LogP contribution in [-0.4, -0.2) is 101 Å². The van der Waals surface area contributed by atoms with Crippen LogP contribution in [0.2, 0.25) is 0 Å². The maximum absolute atomic E-state index is 13.5. The first-order valence-electron chi connectivity index (χ1n) is 10.9. The fourth-order valence-electron chi connectivity index (χ4n) is 4.25. The second-order valence-electron chi connectivity index (χ2n) is 8.28. The third-order valence-electron chi connectivity index (χ3n) is 6.16. The quantitative estimate of drug-likeness (QED) is 0.681. The van der Waals surface area contributed by atoms with Crippen LogP contribution in [0.3, 0.4) is 0 Å². The Hall–Kier alpha value is -2.29. The van der Waals surface area contributed by atoms with Crippen molar-refractivity contribution >= 4 is 5.91 Å². The van der Waals surface area contributed by atoms with E-state index in [9.17, 15) is 4.79 Å². The average Bonchev–Trinajstić information content (AvgIpc) is 3.29. The normalized spacial score (nSPS) is 19.1. The molecule has 0 saturated carbocycles. The van der Waals surface area contributed by atoms with E-state index in [1.165, 1.54) is 6.33 Å². The van der Waals surface area contributed by atoms with Crippen molar-refractivity contribution < 1.29 is 9.53 Å². The fourth-order valence-corrected chi connectivity index (χ4v) is 4.25. The number of hydrogen-bond acceptors (Lipinski definition) is 6. The summed E-state index contributed by atoms with van der Waals surface area (Å²) in [5, 5.41) is 4.15. The third-order valence-corrected chi connectivity index (χ3v) is 6.16. The second-order valence-corrected chi connectivity index (χ2v) is 8.28. The molecule has 2 aliphatic heterocycles. The van der Waals surface area contributed by atoms with Crippen molar-refractivity contribution in [3.05, 3.63) is 48.0 Å². The molecule has 0 bridgehead atoms. The number of benzene rings is 1. The lowest BCUT2D eigenvalue weighted by atomic mass is 10.0. The Morgan fingerprint density at radius 2 is 1.87 bits per heavy atom. The first kappa shape index (κ1) is 21.0. The van der Waals surface area contributed by atoms with Gasteiger partial charge in [0.2, 0.25) is 0 Å². The second kappa shape index (κ2) is 10.1. The lowest BCUT2D eigenvalue weighted by Gasteiger charge is -2.39. The van der Waals surface area contributed by atoms with Gasteiger partial charge in [-0.3, -0.25) is 9.69 Å². The number of likely N-dealkylation sites (tertiary alicyclic amines) is 1. The monoisotopic (exact) mass is 412 g/mol. The molecule has 0 atom stereocenters. The molecule has 1 amide bonds. The predicted molar refractivity (Wildman–Crippen MR) is 114 cm³/mol. The summed E-state index contributed by atoms with van der Waals surface area (Å²) in [5.41, 5.74) is 1.87. The number of amides is 1. The summed E-state index contributed by atoms with van der Waals surface area (Å²) < 4.78 is 7.24. The number of nitrogens with zero attached hydrogens (tertiary/aromatic N) is 6. The topological polar surface area (TPSA) is 66.7 Å². The molecule has 2 aromatic rings. The molecule has 8 heteroatoms. The third kappa shape index (κ3) is 5.44. The Bertz CT molecular complexity index is 780. The van der Waals surface area contributed by atoms with E-state index in [-0.39, 0.29) is 5.91 Å². The van der Waals surface area contributed by atoms with Gasteiger partial charge in [0.15, 0.2) is 0 Å². The highest BCUT2D eigenvalue weighted by Gasteiger charge is 2.28. The summed E-state index contributed by atoms with van der Waals surface area (Å²) in [4.78, 5) is 24.3. The summed E-state index contributed by atoms with van der Waals surface area (Å²) in [6, 6.07) is 8.24. The van der Waals surface area contributed by atoms with Crippen molar-refractivity contribution in [3.8, 4) is 0 Å². The van der Waals surface area contributed by atoms with Crippen molar-refractivity contribution in [3.63, 3.8) is 0 Å². The van der Waals surface area contributed by atoms with Crippen LogP contribution in [0.15, 0.2) is 36.9 Å². The van der Waals surface area contributed by atoms with Crippen molar-refractivity contribution in [2.45, 2.75) is 25.4 Å². The first-order valence-corrected chi connectivity index (χ1v) is 10.9. The first-order chi connectivity index (χ1) is 14.7. The van der Waals surface area contributed by atoms with Crippen molar-refractivity contribution in [1.29, 1.82) is 0 Å². The summed E-state index contributed by atoms with van der Waals surface area (Å²) in [5.74, 6) is 0.144. The van der Waals surface area contributed by atoms with E-state index in [0.717, 1.165) is 76.5 Å². The number of piperidine rings is 1. The molecular weight excluding hydrogens is 380 g/mol. The highest BCUT2D eigenvalue weighted by molar-refractivity contribution is 5.94. The minimum Gasteiger partial charge on any atom is -0.379 e. The molecule has 0 radical (unpaired) electrons. The van der Waals surface area contributed by atoms with Gasteiger partial charge in [0.25, 0.3) is 5.91 Å². The standard InChI is InChI=1S/C22H32N6O2/c1-25-8-6-21(7-9-25)28(11-10-26-12-14-30-15-13-26)22(29)20-4-2-19(3-5-20)16-27-18-23-17-24-27/h2-5,17-18,21H,6-16H2,1H3. The van der Waals surface area contributed by atoms with E-state index >= 15 is 0 Å². The zero-order chi connectivity index (χ0) is 20.8. The van der Waals surface area contributed by atoms with Crippen LogP contribution in [0.5, 0.6) is 0 Å². The highest BCUT2D eigenvalue weighted by Crippen LogP contribution is 2.19. The van der Waals surface area contributed by atoms with Crippen LogP contribution in [0.4, 0.5) is 0 Å². The minimum atomic E-state index is 0.144. The van der Waals surface area contributed by atoms with Crippen molar-refractivity contribution in [2.75, 3.05) is 59.5 Å². The molecule has 0 unspecified atom stereocenters. The molecule has 1 aromatic carbocycles. The van der Waals surface area contributed by atoms with Gasteiger partial charge in [0, 0.05) is 37.8 Å². The van der Waals surface area contributed by atoms with Crippen LogP contribution in [0.1, 0.15) is 28.8 Å². The zero-order valence-corrected chi connectivity index (χ0v) is 17.8. The zero-order valence-electron chi connectivity index (χ0n) is 17.8. The van der Waals surface area contributed by atoms with Gasteiger partial charge < -0.3 is 14.5 Å². The molecule has 0 N–H and O–H groups in total. The molecule has 1 aromatic heterocycles. The number of aromatic nitrogens is 3. The lowest BCUT2D eigenvalue weighted by molar-refractivity contribution is 0.0265. The molecular formula is C22H32N6O2. The average molecular weight is 413 g/mol. The van der Waals surface area contributed by atoms with E-state index in [4.69, 9.17) is 4.74 Å². The van der Waals surface area contributed by atoms with Crippen molar-refractivity contribution in [1.82, 2.24) is 29.5 Å². The van der Waals surface area contributed by atoms with Gasteiger partial charge >= 0.3 is 0 Å². The number of ether oxygens (including phenoxy) is 1. The molecule has 3 heterocycles. The van der Waals surface area contributed by atoms with E-state index in [0.29, 0.717) is 12.6 Å². The van der Waals surface area contributed by atoms with E-state index in [2.05, 4.69) is 31.8 Å². The van der Waals surface area contributed by atoms with Crippen LogP contribution in [0, 0.1) is 0 Å². The Labute approximate surface area is 178 Å². The van der Waals surface area contributed by atoms with Crippen molar-refractivity contribution in [2.24, 2.45) is 0 Å². The summed E-state index contributed by atoms with van der Waals surface area (Å²) in [7, 11) is 2.16. The van der Waals surface area contributed by atoms with Gasteiger partial charge in [-0.1, -0.05) is 12.1 Å². The summed E-state index contributed by atoms with van der Waals surface area (Å²) >= 11 is 0. The number of carbonyl (C=O) groups is 1. The molecule has 30 heavy (non-hydrogen) atoms. The van der Waals surface area contributed by atoms with Crippen LogP contribution < -0.4 is 0 Å². The molecule has 0 aliphatic carbocycles. The predicted octanol–water partition coefficient (Wildman–Crippen LogP) is 1.20. The molecule has 2 aliphatic rings. The molecule has 2 fully saturated rings. The van der Waals surface area contributed by atoms with Crippen LogP contribution in [-0.2, 0) is 11.3 Å². The molecule has 8 nitrogen and oxygen atoms in total. The Morgan fingerprint density at radius 3 is 2.53 bits per heavy atom. The molecule has 4 rings (SSSR count). The van der Waals surface area contributed by atoms with Gasteiger partial charge in [-0.2, -0.15) is 5.10 Å². The highest BCUT2D eigenvalue weighted by atomic mass is 16.5. The van der Waals surface area contributed by atoms with Gasteiger partial charge in [0.1, 0.15) is 12.7 Å². The smallest absolute Gasteiger partial charge is 0.254 e. The Morgan fingerprint density at radius 1 is 1.13 bits per heavy atom. The van der Waals surface area contributed by atoms with Crippen LogP contribution >= 0.6 is 0 Å². The number of rotatable bonds is 7. The van der Waals surface area contributed by atoms with E-state index in [1.807, 2.05) is 24.3 Å². The number of hydrogen-bond donors (Lipinski definition) is 0. The van der Waals surface area contributed by atoms with Gasteiger partial charge in [0.05, 0.1) is 19.8 Å². The van der Waals surface area contributed by atoms with Gasteiger partial charge in [-0.05, 0) is 50.7 Å². The maximum Gasteiger partial charge on any atom is 0.254 e. The van der Waals surface area contributed by atoms with E-state index in [1.54, 1.807) is 11.0 Å². The lowest BCUT2D eigenvalue weighted by Crippen LogP contribution is -2.50. The Balaban J connectivity index is 1.43.